The molecule has 2 atom stereocenters. The van der Waals surface area contributed by atoms with Crippen LogP contribution in [0.2, 0.25) is 0 Å². The maximum Gasteiger partial charge on any atom is 0.227 e. The molecule has 2 heterocycles. The van der Waals surface area contributed by atoms with E-state index in [2.05, 4.69) is 0 Å². The number of ether oxygens (including phenoxy) is 1. The fourth-order valence-corrected chi connectivity index (χ4v) is 3.82. The van der Waals surface area contributed by atoms with E-state index in [9.17, 15) is 9.59 Å². The lowest BCUT2D eigenvalue weighted by Gasteiger charge is -2.34. The van der Waals surface area contributed by atoms with Crippen molar-refractivity contribution in [2.75, 3.05) is 39.3 Å². The topological polar surface area (TPSA) is 75.9 Å². The Kier molecular flexibility index (Phi) is 6.50. The molecule has 2 aliphatic rings. The monoisotopic (exact) mass is 359 g/mol. The van der Waals surface area contributed by atoms with E-state index >= 15 is 0 Å². The average Bonchev–Trinajstić information content (AvgIpc) is 3.17. The SMILES string of the molecule is NCC1CCN(C(=O)C2CCCN(C(=O)CCOc3ccccc3)C2)C1. The van der Waals surface area contributed by atoms with Crippen LogP contribution >= 0.6 is 0 Å². The number of nitrogens with two attached hydrogens (primary N) is 1. The number of rotatable bonds is 6. The lowest BCUT2D eigenvalue weighted by atomic mass is 9.96. The second kappa shape index (κ2) is 9.03. The molecule has 0 bridgehead atoms. The number of likely N-dealkylation sites (tertiary alicyclic amines) is 2. The first-order valence-corrected chi connectivity index (χ1v) is 9.62. The minimum atomic E-state index is -0.0701. The first-order chi connectivity index (χ1) is 12.7. The number of hydrogen-bond acceptors (Lipinski definition) is 4. The van der Waals surface area contributed by atoms with Crippen LogP contribution in [-0.4, -0.2) is 60.9 Å². The summed E-state index contributed by atoms with van der Waals surface area (Å²) in [5.74, 6) is 1.39. The molecule has 2 N–H and O–H groups in total. The summed E-state index contributed by atoms with van der Waals surface area (Å²) in [6, 6.07) is 9.51. The molecule has 26 heavy (non-hydrogen) atoms. The van der Waals surface area contributed by atoms with E-state index in [1.165, 1.54) is 0 Å². The Bertz CT molecular complexity index is 608. The van der Waals surface area contributed by atoms with Gasteiger partial charge in [0, 0.05) is 26.2 Å². The van der Waals surface area contributed by atoms with Gasteiger partial charge in [0.05, 0.1) is 18.9 Å². The van der Waals surface area contributed by atoms with Crippen LogP contribution in [0.1, 0.15) is 25.7 Å². The molecule has 0 radical (unpaired) electrons. The highest BCUT2D eigenvalue weighted by Gasteiger charge is 2.34. The van der Waals surface area contributed by atoms with Gasteiger partial charge in [0.2, 0.25) is 11.8 Å². The standard InChI is InChI=1S/C20H29N3O3/c21-13-16-8-11-23(14-16)20(25)17-5-4-10-22(15-17)19(24)9-12-26-18-6-2-1-3-7-18/h1-3,6-7,16-17H,4-5,8-15,21H2. The van der Waals surface area contributed by atoms with Gasteiger partial charge in [-0.2, -0.15) is 0 Å². The molecule has 0 saturated carbocycles. The third kappa shape index (κ3) is 4.75. The van der Waals surface area contributed by atoms with E-state index in [4.69, 9.17) is 10.5 Å². The Balaban J connectivity index is 1.45. The molecule has 1 aromatic carbocycles. The summed E-state index contributed by atoms with van der Waals surface area (Å²) in [5, 5.41) is 0. The smallest absolute Gasteiger partial charge is 0.227 e. The minimum absolute atomic E-state index is 0.0692. The van der Waals surface area contributed by atoms with Crippen molar-refractivity contribution < 1.29 is 14.3 Å². The predicted molar refractivity (Wildman–Crippen MR) is 99.6 cm³/mol. The number of amides is 2. The quantitative estimate of drug-likeness (QED) is 0.835. The van der Waals surface area contributed by atoms with Crippen molar-refractivity contribution in [3.8, 4) is 5.75 Å². The van der Waals surface area contributed by atoms with Crippen LogP contribution < -0.4 is 10.5 Å². The van der Waals surface area contributed by atoms with Crippen molar-refractivity contribution in [2.45, 2.75) is 25.7 Å². The van der Waals surface area contributed by atoms with E-state index in [0.717, 1.165) is 44.6 Å². The lowest BCUT2D eigenvalue weighted by Crippen LogP contribution is -2.46. The number of hydrogen-bond donors (Lipinski definition) is 1. The average molecular weight is 359 g/mol. The third-order valence-corrected chi connectivity index (χ3v) is 5.38. The van der Waals surface area contributed by atoms with E-state index < -0.39 is 0 Å². The number of carbonyl (C=O) groups excluding carboxylic acids is 2. The molecule has 2 saturated heterocycles. The fourth-order valence-electron chi connectivity index (χ4n) is 3.82. The van der Waals surface area contributed by atoms with Gasteiger partial charge in [-0.15, -0.1) is 0 Å². The van der Waals surface area contributed by atoms with Crippen LogP contribution in [0, 0.1) is 11.8 Å². The summed E-state index contributed by atoms with van der Waals surface area (Å²) in [5.41, 5.74) is 5.72. The van der Waals surface area contributed by atoms with Crippen molar-refractivity contribution in [2.24, 2.45) is 17.6 Å². The number of piperidine rings is 1. The maximum atomic E-state index is 12.8. The Hall–Kier alpha value is -2.08. The molecule has 6 heteroatoms. The Morgan fingerprint density at radius 1 is 1.08 bits per heavy atom. The molecule has 2 aliphatic heterocycles. The van der Waals surface area contributed by atoms with Crippen LogP contribution in [0.5, 0.6) is 5.75 Å². The maximum absolute atomic E-state index is 12.8. The van der Waals surface area contributed by atoms with Gasteiger partial charge < -0.3 is 20.3 Å². The molecule has 1 aromatic rings. The van der Waals surface area contributed by atoms with Gasteiger partial charge in [0.15, 0.2) is 0 Å². The molecule has 0 spiro atoms. The molecule has 2 amide bonds. The van der Waals surface area contributed by atoms with Crippen LogP contribution in [-0.2, 0) is 9.59 Å². The molecule has 6 nitrogen and oxygen atoms in total. The summed E-state index contributed by atoms with van der Waals surface area (Å²) in [4.78, 5) is 29.0. The van der Waals surface area contributed by atoms with Gasteiger partial charge in [-0.25, -0.2) is 0 Å². The van der Waals surface area contributed by atoms with E-state index in [0.29, 0.717) is 32.0 Å². The first kappa shape index (κ1) is 18.7. The zero-order valence-corrected chi connectivity index (χ0v) is 15.3. The largest absolute Gasteiger partial charge is 0.493 e. The highest BCUT2D eigenvalue weighted by Crippen LogP contribution is 2.23. The second-order valence-corrected chi connectivity index (χ2v) is 7.27. The van der Waals surface area contributed by atoms with Gasteiger partial charge in [-0.05, 0) is 43.9 Å². The number of carbonyl (C=O) groups is 2. The summed E-state index contributed by atoms with van der Waals surface area (Å²) < 4.78 is 5.61. The molecular formula is C20H29N3O3. The van der Waals surface area contributed by atoms with E-state index in [-0.39, 0.29) is 17.7 Å². The van der Waals surface area contributed by atoms with Crippen LogP contribution in [0.3, 0.4) is 0 Å². The summed E-state index contributed by atoms with van der Waals surface area (Å²) in [6.45, 7) is 3.84. The van der Waals surface area contributed by atoms with Gasteiger partial charge in [0.1, 0.15) is 5.75 Å². The van der Waals surface area contributed by atoms with Crippen molar-refractivity contribution in [1.29, 1.82) is 0 Å². The molecule has 142 valence electrons. The molecular weight excluding hydrogens is 330 g/mol. The number of nitrogens with zero attached hydrogens (tertiary/aromatic N) is 2. The van der Waals surface area contributed by atoms with Crippen LogP contribution in [0.15, 0.2) is 30.3 Å². The van der Waals surface area contributed by atoms with Crippen molar-refractivity contribution in [1.82, 2.24) is 9.80 Å². The Morgan fingerprint density at radius 3 is 2.62 bits per heavy atom. The lowest BCUT2D eigenvalue weighted by molar-refractivity contribution is -0.140. The Labute approximate surface area is 155 Å². The van der Waals surface area contributed by atoms with E-state index in [1.54, 1.807) is 0 Å². The highest BCUT2D eigenvalue weighted by molar-refractivity contribution is 5.81. The van der Waals surface area contributed by atoms with Crippen molar-refractivity contribution in [3.63, 3.8) is 0 Å². The minimum Gasteiger partial charge on any atom is -0.493 e. The Morgan fingerprint density at radius 2 is 1.88 bits per heavy atom. The number of para-hydroxylation sites is 1. The van der Waals surface area contributed by atoms with Gasteiger partial charge in [-0.1, -0.05) is 18.2 Å². The van der Waals surface area contributed by atoms with Crippen molar-refractivity contribution in [3.05, 3.63) is 30.3 Å². The normalized spacial score (nSPS) is 23.1. The van der Waals surface area contributed by atoms with E-state index in [1.807, 2.05) is 40.1 Å². The molecule has 0 aliphatic carbocycles. The molecule has 2 fully saturated rings. The zero-order valence-electron chi connectivity index (χ0n) is 15.3. The summed E-state index contributed by atoms with van der Waals surface area (Å²) >= 11 is 0. The molecule has 2 unspecified atom stereocenters. The molecule has 0 aromatic heterocycles. The fraction of sp³-hybridized carbons (Fsp3) is 0.600. The van der Waals surface area contributed by atoms with Gasteiger partial charge in [-0.3, -0.25) is 9.59 Å². The third-order valence-electron chi connectivity index (χ3n) is 5.38. The van der Waals surface area contributed by atoms with Crippen molar-refractivity contribution >= 4 is 11.8 Å². The second-order valence-electron chi connectivity index (χ2n) is 7.27. The zero-order chi connectivity index (χ0) is 18.4. The highest BCUT2D eigenvalue weighted by atomic mass is 16.5. The van der Waals surface area contributed by atoms with Gasteiger partial charge >= 0.3 is 0 Å². The predicted octanol–water partition coefficient (Wildman–Crippen LogP) is 1.50. The van der Waals surface area contributed by atoms with Crippen LogP contribution in [0.25, 0.3) is 0 Å². The summed E-state index contributed by atoms with van der Waals surface area (Å²) in [7, 11) is 0. The first-order valence-electron chi connectivity index (χ1n) is 9.62. The van der Waals surface area contributed by atoms with Gasteiger partial charge in [0.25, 0.3) is 0 Å². The number of benzene rings is 1. The van der Waals surface area contributed by atoms with Crippen LogP contribution in [0.4, 0.5) is 0 Å². The summed E-state index contributed by atoms with van der Waals surface area (Å²) in [6.07, 6.45) is 3.09. The molecule has 3 rings (SSSR count).